The first kappa shape index (κ1) is 13.4. The van der Waals surface area contributed by atoms with E-state index in [1.165, 1.54) is 0 Å². The topological polar surface area (TPSA) is 45.0 Å². The van der Waals surface area contributed by atoms with E-state index >= 15 is 0 Å². The van der Waals surface area contributed by atoms with Crippen molar-refractivity contribution in [3.63, 3.8) is 0 Å². The highest BCUT2D eigenvalue weighted by Gasteiger charge is 2.02. The van der Waals surface area contributed by atoms with Crippen molar-refractivity contribution < 1.29 is 4.74 Å². The van der Waals surface area contributed by atoms with E-state index in [4.69, 9.17) is 10.00 Å². The van der Waals surface area contributed by atoms with Crippen molar-refractivity contribution in [2.24, 2.45) is 0 Å². The summed E-state index contributed by atoms with van der Waals surface area (Å²) in [5.74, 6) is 0.854. The lowest BCUT2D eigenvalue weighted by molar-refractivity contribution is 0.340. The third kappa shape index (κ3) is 3.49. The molecule has 96 valence electrons. The van der Waals surface area contributed by atoms with Gasteiger partial charge >= 0.3 is 0 Å². The summed E-state index contributed by atoms with van der Waals surface area (Å²) < 4.78 is 6.25. The van der Waals surface area contributed by atoms with E-state index in [1.54, 1.807) is 12.1 Å². The van der Waals surface area contributed by atoms with Crippen molar-refractivity contribution in [1.29, 1.82) is 5.26 Å². The maximum absolute atomic E-state index is 8.82. The molecule has 0 aliphatic carbocycles. The van der Waals surface area contributed by atoms with Gasteiger partial charge in [0.25, 0.3) is 0 Å². The Balaban J connectivity index is 2.15. The monoisotopic (exact) mass is 316 g/mol. The van der Waals surface area contributed by atoms with Crippen LogP contribution in [0.4, 0.5) is 11.4 Å². The number of nitriles is 1. The van der Waals surface area contributed by atoms with Crippen molar-refractivity contribution in [3.05, 3.63) is 52.5 Å². The van der Waals surface area contributed by atoms with Crippen LogP contribution in [0.5, 0.6) is 5.75 Å². The number of hydrogen-bond acceptors (Lipinski definition) is 3. The zero-order valence-corrected chi connectivity index (χ0v) is 12.1. The molecule has 0 radical (unpaired) electrons. The Morgan fingerprint density at radius 1 is 1.21 bits per heavy atom. The van der Waals surface area contributed by atoms with E-state index in [0.29, 0.717) is 12.2 Å². The second kappa shape index (κ2) is 6.26. The van der Waals surface area contributed by atoms with Crippen LogP contribution in [0.25, 0.3) is 0 Å². The number of nitrogens with one attached hydrogen (secondary N) is 1. The molecule has 0 aromatic heterocycles. The molecule has 0 aliphatic rings. The predicted octanol–water partition coefficient (Wildman–Crippen LogP) is 4.46. The molecule has 0 heterocycles. The molecule has 4 heteroatoms. The number of rotatable bonds is 4. The maximum Gasteiger partial charge on any atom is 0.119 e. The van der Waals surface area contributed by atoms with Crippen LogP contribution in [0.2, 0.25) is 0 Å². The van der Waals surface area contributed by atoms with Gasteiger partial charge in [-0.3, -0.25) is 0 Å². The van der Waals surface area contributed by atoms with Gasteiger partial charge in [0.2, 0.25) is 0 Å². The second-order valence-electron chi connectivity index (χ2n) is 3.89. The fourth-order valence-electron chi connectivity index (χ4n) is 1.64. The van der Waals surface area contributed by atoms with Gasteiger partial charge in [-0.05, 0) is 65.3 Å². The lowest BCUT2D eigenvalue weighted by Crippen LogP contribution is -1.94. The number of benzene rings is 2. The van der Waals surface area contributed by atoms with Gasteiger partial charge in [0.15, 0.2) is 0 Å². The van der Waals surface area contributed by atoms with Gasteiger partial charge in [0.1, 0.15) is 5.75 Å². The molecular weight excluding hydrogens is 304 g/mol. The molecular formula is C15H13BrN2O. The average Bonchev–Trinajstić information content (AvgIpc) is 2.43. The third-order valence-electron chi connectivity index (χ3n) is 2.54. The van der Waals surface area contributed by atoms with E-state index in [9.17, 15) is 0 Å². The fourth-order valence-corrected chi connectivity index (χ4v) is 2.12. The molecule has 0 saturated carbocycles. The van der Waals surface area contributed by atoms with Gasteiger partial charge in [-0.2, -0.15) is 5.26 Å². The minimum atomic E-state index is 0.629. The zero-order chi connectivity index (χ0) is 13.7. The first-order chi connectivity index (χ1) is 9.22. The van der Waals surface area contributed by atoms with Crippen LogP contribution in [0.3, 0.4) is 0 Å². The Morgan fingerprint density at radius 3 is 2.53 bits per heavy atom. The molecule has 0 aliphatic heterocycles. The third-order valence-corrected chi connectivity index (χ3v) is 3.20. The molecule has 0 unspecified atom stereocenters. The molecule has 0 bridgehead atoms. The van der Waals surface area contributed by atoms with E-state index in [-0.39, 0.29) is 0 Å². The van der Waals surface area contributed by atoms with Crippen LogP contribution in [0.1, 0.15) is 12.5 Å². The van der Waals surface area contributed by atoms with E-state index < -0.39 is 0 Å². The van der Waals surface area contributed by atoms with Gasteiger partial charge in [-0.1, -0.05) is 0 Å². The summed E-state index contributed by atoms with van der Waals surface area (Å²) in [5, 5.41) is 12.1. The standard InChI is InChI=1S/C15H13BrN2O/c1-2-19-13-6-4-12(5-7-13)18-15-8-3-11(10-17)9-14(15)16/h3-9,18H,2H2,1H3. The molecule has 1 N–H and O–H groups in total. The van der Waals surface area contributed by atoms with E-state index in [1.807, 2.05) is 37.3 Å². The van der Waals surface area contributed by atoms with Crippen molar-refractivity contribution in [2.45, 2.75) is 6.92 Å². The van der Waals surface area contributed by atoms with Crippen molar-refractivity contribution in [2.75, 3.05) is 11.9 Å². The highest BCUT2D eigenvalue weighted by atomic mass is 79.9. The normalized spacial score (nSPS) is 9.74. The van der Waals surface area contributed by atoms with Gasteiger partial charge < -0.3 is 10.1 Å². The quantitative estimate of drug-likeness (QED) is 0.905. The summed E-state index contributed by atoms with van der Waals surface area (Å²) in [5.41, 5.74) is 2.51. The predicted molar refractivity (Wildman–Crippen MR) is 79.8 cm³/mol. The Bertz CT molecular complexity index is 603. The summed E-state index contributed by atoms with van der Waals surface area (Å²) in [6.07, 6.45) is 0. The highest BCUT2D eigenvalue weighted by molar-refractivity contribution is 9.10. The molecule has 0 fully saturated rings. The lowest BCUT2D eigenvalue weighted by Gasteiger charge is -2.10. The number of halogens is 1. The smallest absolute Gasteiger partial charge is 0.119 e. The molecule has 3 nitrogen and oxygen atoms in total. The Hall–Kier alpha value is -1.99. The molecule has 19 heavy (non-hydrogen) atoms. The molecule has 0 amide bonds. The van der Waals surface area contributed by atoms with Gasteiger partial charge in [0.05, 0.1) is 23.9 Å². The fraction of sp³-hybridized carbons (Fsp3) is 0.133. The SMILES string of the molecule is CCOc1ccc(Nc2ccc(C#N)cc2Br)cc1. The summed E-state index contributed by atoms with van der Waals surface area (Å²) in [6.45, 7) is 2.62. The van der Waals surface area contributed by atoms with Gasteiger partial charge in [-0.15, -0.1) is 0 Å². The number of ether oxygens (including phenoxy) is 1. The van der Waals surface area contributed by atoms with Gasteiger partial charge in [0, 0.05) is 10.2 Å². The maximum atomic E-state index is 8.82. The molecule has 0 saturated heterocycles. The van der Waals surface area contributed by atoms with E-state index in [2.05, 4.69) is 27.3 Å². The van der Waals surface area contributed by atoms with Crippen LogP contribution in [0.15, 0.2) is 46.9 Å². The average molecular weight is 317 g/mol. The molecule has 0 atom stereocenters. The van der Waals surface area contributed by atoms with Gasteiger partial charge in [-0.25, -0.2) is 0 Å². The lowest BCUT2D eigenvalue weighted by atomic mass is 10.2. The molecule has 2 aromatic rings. The summed E-state index contributed by atoms with van der Waals surface area (Å²) in [7, 11) is 0. The van der Waals surface area contributed by atoms with E-state index in [0.717, 1.165) is 21.6 Å². The second-order valence-corrected chi connectivity index (χ2v) is 4.74. The first-order valence-electron chi connectivity index (χ1n) is 5.92. The number of hydrogen-bond donors (Lipinski definition) is 1. The Labute approximate surface area is 121 Å². The Morgan fingerprint density at radius 2 is 1.95 bits per heavy atom. The van der Waals surface area contributed by atoms with Crippen molar-refractivity contribution in [1.82, 2.24) is 0 Å². The van der Waals surface area contributed by atoms with Crippen molar-refractivity contribution >= 4 is 27.3 Å². The van der Waals surface area contributed by atoms with Crippen LogP contribution < -0.4 is 10.1 Å². The zero-order valence-electron chi connectivity index (χ0n) is 10.5. The summed E-state index contributed by atoms with van der Waals surface area (Å²) in [4.78, 5) is 0. The molecule has 2 aromatic carbocycles. The Kier molecular flexibility index (Phi) is 4.43. The minimum absolute atomic E-state index is 0.629. The summed E-state index contributed by atoms with van der Waals surface area (Å²) >= 11 is 3.45. The largest absolute Gasteiger partial charge is 0.494 e. The summed E-state index contributed by atoms with van der Waals surface area (Å²) in [6, 6.07) is 15.3. The molecule has 0 spiro atoms. The minimum Gasteiger partial charge on any atom is -0.494 e. The van der Waals surface area contributed by atoms with Crippen LogP contribution in [0, 0.1) is 11.3 Å². The van der Waals surface area contributed by atoms with Crippen LogP contribution >= 0.6 is 15.9 Å². The molecule has 2 rings (SSSR count). The first-order valence-corrected chi connectivity index (χ1v) is 6.71. The van der Waals surface area contributed by atoms with Crippen LogP contribution in [-0.2, 0) is 0 Å². The number of nitrogens with zero attached hydrogens (tertiary/aromatic N) is 1. The van der Waals surface area contributed by atoms with Crippen LogP contribution in [-0.4, -0.2) is 6.61 Å². The number of anilines is 2. The highest BCUT2D eigenvalue weighted by Crippen LogP contribution is 2.27. The van der Waals surface area contributed by atoms with Crippen molar-refractivity contribution in [3.8, 4) is 11.8 Å².